The van der Waals surface area contributed by atoms with Crippen LogP contribution in [0.15, 0.2) is 24.3 Å². The van der Waals surface area contributed by atoms with E-state index in [9.17, 15) is 4.79 Å². The summed E-state index contributed by atoms with van der Waals surface area (Å²) in [5, 5.41) is 2.58. The molecule has 1 unspecified atom stereocenters. The molecule has 0 saturated heterocycles. The Hall–Kier alpha value is -1.51. The Bertz CT molecular complexity index is 332. The minimum absolute atomic E-state index is 0.462. The lowest BCUT2D eigenvalue weighted by atomic mass is 9.97. The van der Waals surface area contributed by atoms with Gasteiger partial charge in [0, 0.05) is 6.54 Å². The number of benzene rings is 1. The molecule has 0 aliphatic rings. The molecule has 3 heteroatoms. The van der Waals surface area contributed by atoms with Crippen molar-refractivity contribution in [2.75, 3.05) is 6.54 Å². The van der Waals surface area contributed by atoms with E-state index in [1.54, 1.807) is 0 Å². The van der Waals surface area contributed by atoms with Gasteiger partial charge in [0.25, 0.3) is 0 Å². The van der Waals surface area contributed by atoms with E-state index >= 15 is 0 Å². The van der Waals surface area contributed by atoms with Crippen LogP contribution in [0, 0.1) is 0 Å². The lowest BCUT2D eigenvalue weighted by Crippen LogP contribution is -2.30. The highest BCUT2D eigenvalue weighted by Crippen LogP contribution is 2.18. The quantitative estimate of drug-likeness (QED) is 0.786. The number of hydrogen-bond acceptors (Lipinski definition) is 1. The normalized spacial score (nSPS) is 12.1. The first kappa shape index (κ1) is 12.6. The van der Waals surface area contributed by atoms with Crippen LogP contribution in [0.4, 0.5) is 4.79 Å². The Balaban J connectivity index is 2.48. The topological polar surface area (TPSA) is 55.1 Å². The molecule has 1 rings (SSSR count). The van der Waals surface area contributed by atoms with E-state index in [1.165, 1.54) is 11.1 Å². The summed E-state index contributed by atoms with van der Waals surface area (Å²) in [6.45, 7) is 5.01. The number of carbonyl (C=O) groups excluding carboxylic acids is 1. The molecular formula is C13H20N2O. The van der Waals surface area contributed by atoms with E-state index in [0.717, 1.165) is 12.8 Å². The molecule has 3 nitrogen and oxygen atoms in total. The average molecular weight is 220 g/mol. The Labute approximate surface area is 97.0 Å². The second-order valence-corrected chi connectivity index (χ2v) is 4.09. The van der Waals surface area contributed by atoms with Crippen LogP contribution < -0.4 is 11.1 Å². The van der Waals surface area contributed by atoms with Gasteiger partial charge in [0.05, 0.1) is 0 Å². The number of primary amides is 1. The van der Waals surface area contributed by atoms with Crippen molar-refractivity contribution >= 4 is 6.03 Å². The zero-order valence-corrected chi connectivity index (χ0v) is 9.99. The minimum Gasteiger partial charge on any atom is -0.352 e. The van der Waals surface area contributed by atoms with Gasteiger partial charge in [-0.15, -0.1) is 0 Å². The van der Waals surface area contributed by atoms with Crippen molar-refractivity contribution in [3.63, 3.8) is 0 Å². The van der Waals surface area contributed by atoms with Crippen molar-refractivity contribution < 1.29 is 4.79 Å². The van der Waals surface area contributed by atoms with Gasteiger partial charge in [-0.2, -0.15) is 0 Å². The van der Waals surface area contributed by atoms with Crippen LogP contribution >= 0.6 is 0 Å². The Morgan fingerprint density at radius 2 is 2.00 bits per heavy atom. The summed E-state index contributed by atoms with van der Waals surface area (Å²) in [4.78, 5) is 10.5. The molecule has 0 saturated carbocycles. The summed E-state index contributed by atoms with van der Waals surface area (Å²) in [6.07, 6.45) is 1.98. The molecule has 0 heterocycles. The third kappa shape index (κ3) is 3.93. The summed E-state index contributed by atoms with van der Waals surface area (Å²) < 4.78 is 0. The highest BCUT2D eigenvalue weighted by molar-refractivity contribution is 5.71. The molecule has 3 N–H and O–H groups in total. The first-order chi connectivity index (χ1) is 7.63. The fourth-order valence-corrected chi connectivity index (χ4v) is 1.58. The maximum absolute atomic E-state index is 10.5. The van der Waals surface area contributed by atoms with Gasteiger partial charge >= 0.3 is 6.03 Å². The number of nitrogens with one attached hydrogen (secondary N) is 1. The van der Waals surface area contributed by atoms with E-state index in [2.05, 4.69) is 43.4 Å². The van der Waals surface area contributed by atoms with Crippen LogP contribution in [-0.4, -0.2) is 12.6 Å². The first-order valence-electron chi connectivity index (χ1n) is 5.75. The summed E-state index contributed by atoms with van der Waals surface area (Å²) in [6, 6.07) is 8.09. The molecule has 1 atom stereocenters. The predicted octanol–water partition coefficient (Wildman–Crippen LogP) is 2.41. The lowest BCUT2D eigenvalue weighted by molar-refractivity contribution is 0.249. The van der Waals surface area contributed by atoms with Gasteiger partial charge in [-0.3, -0.25) is 0 Å². The molecule has 0 bridgehead atoms. The van der Waals surface area contributed by atoms with Crippen molar-refractivity contribution in [2.45, 2.75) is 32.6 Å². The third-order valence-electron chi connectivity index (χ3n) is 2.87. The SMILES string of the molecule is CCC(C)c1ccc(CCNC(N)=O)cc1. The largest absolute Gasteiger partial charge is 0.352 e. The van der Waals surface area contributed by atoms with Crippen LogP contribution in [0.5, 0.6) is 0 Å². The van der Waals surface area contributed by atoms with Crippen molar-refractivity contribution in [1.29, 1.82) is 0 Å². The molecule has 0 radical (unpaired) electrons. The second kappa shape index (κ2) is 6.16. The monoisotopic (exact) mass is 220 g/mol. The molecule has 2 amide bonds. The summed E-state index contributed by atoms with van der Waals surface area (Å²) in [7, 11) is 0. The Morgan fingerprint density at radius 3 is 2.50 bits per heavy atom. The number of hydrogen-bond donors (Lipinski definition) is 2. The molecule has 0 aliphatic heterocycles. The van der Waals surface area contributed by atoms with Crippen molar-refractivity contribution in [3.05, 3.63) is 35.4 Å². The molecule has 16 heavy (non-hydrogen) atoms. The fourth-order valence-electron chi connectivity index (χ4n) is 1.58. The summed E-state index contributed by atoms with van der Waals surface area (Å²) in [5.41, 5.74) is 7.58. The number of rotatable bonds is 5. The number of urea groups is 1. The number of carbonyl (C=O) groups is 1. The first-order valence-corrected chi connectivity index (χ1v) is 5.75. The molecule has 0 fully saturated rings. The Morgan fingerprint density at radius 1 is 1.38 bits per heavy atom. The average Bonchev–Trinajstić information content (AvgIpc) is 2.28. The van der Waals surface area contributed by atoms with E-state index < -0.39 is 6.03 Å². The van der Waals surface area contributed by atoms with Crippen LogP contribution in [0.1, 0.15) is 37.3 Å². The van der Waals surface area contributed by atoms with Crippen molar-refractivity contribution in [2.24, 2.45) is 5.73 Å². The zero-order valence-electron chi connectivity index (χ0n) is 9.99. The molecule has 0 aromatic heterocycles. The number of amides is 2. The summed E-state index contributed by atoms with van der Waals surface area (Å²) in [5.74, 6) is 0.609. The predicted molar refractivity (Wildman–Crippen MR) is 66.4 cm³/mol. The highest BCUT2D eigenvalue weighted by atomic mass is 16.2. The van der Waals surface area contributed by atoms with Crippen molar-refractivity contribution in [1.82, 2.24) is 5.32 Å². The minimum atomic E-state index is -0.462. The van der Waals surface area contributed by atoms with E-state index in [0.29, 0.717) is 12.5 Å². The van der Waals surface area contributed by atoms with Gasteiger partial charge in [0.2, 0.25) is 0 Å². The van der Waals surface area contributed by atoms with E-state index in [4.69, 9.17) is 5.73 Å². The van der Waals surface area contributed by atoms with Crippen LogP contribution in [0.2, 0.25) is 0 Å². The van der Waals surface area contributed by atoms with Crippen LogP contribution in [0.3, 0.4) is 0 Å². The van der Waals surface area contributed by atoms with Crippen LogP contribution in [-0.2, 0) is 6.42 Å². The molecule has 88 valence electrons. The molecule has 1 aromatic carbocycles. The standard InChI is InChI=1S/C13H20N2O/c1-3-10(2)12-6-4-11(5-7-12)8-9-15-13(14)16/h4-7,10H,3,8-9H2,1-2H3,(H3,14,15,16). The molecule has 0 spiro atoms. The maximum Gasteiger partial charge on any atom is 0.312 e. The van der Waals surface area contributed by atoms with Gasteiger partial charge in [0.15, 0.2) is 0 Å². The highest BCUT2D eigenvalue weighted by Gasteiger charge is 2.02. The van der Waals surface area contributed by atoms with Crippen LogP contribution in [0.25, 0.3) is 0 Å². The van der Waals surface area contributed by atoms with E-state index in [-0.39, 0.29) is 0 Å². The third-order valence-corrected chi connectivity index (χ3v) is 2.87. The smallest absolute Gasteiger partial charge is 0.312 e. The van der Waals surface area contributed by atoms with Gasteiger partial charge in [-0.25, -0.2) is 4.79 Å². The molecular weight excluding hydrogens is 200 g/mol. The zero-order chi connectivity index (χ0) is 12.0. The molecule has 0 aliphatic carbocycles. The lowest BCUT2D eigenvalue weighted by Gasteiger charge is -2.09. The van der Waals surface area contributed by atoms with Gasteiger partial charge < -0.3 is 11.1 Å². The maximum atomic E-state index is 10.5. The van der Waals surface area contributed by atoms with Gasteiger partial charge in [-0.1, -0.05) is 38.1 Å². The second-order valence-electron chi connectivity index (χ2n) is 4.09. The van der Waals surface area contributed by atoms with Gasteiger partial charge in [0.1, 0.15) is 0 Å². The molecule has 1 aromatic rings. The summed E-state index contributed by atoms with van der Waals surface area (Å²) >= 11 is 0. The fraction of sp³-hybridized carbons (Fsp3) is 0.462. The van der Waals surface area contributed by atoms with Crippen molar-refractivity contribution in [3.8, 4) is 0 Å². The van der Waals surface area contributed by atoms with Gasteiger partial charge in [-0.05, 0) is 29.9 Å². The van der Waals surface area contributed by atoms with E-state index in [1.807, 2.05) is 0 Å². The number of nitrogens with two attached hydrogens (primary N) is 1. The Kier molecular flexibility index (Phi) is 4.83.